The fourth-order valence-electron chi connectivity index (χ4n) is 13.6. The molecule has 4 aromatic rings. The second kappa shape index (κ2) is 48.7. The van der Waals surface area contributed by atoms with Crippen molar-refractivity contribution in [3.05, 3.63) is 114 Å². The summed E-state index contributed by atoms with van der Waals surface area (Å²) in [5.74, 6) is -15.8. The zero-order chi connectivity index (χ0) is 90.0. The Hall–Kier alpha value is -11.5. The number of aliphatic hydroxyl groups excluding tert-OH is 2. The predicted octanol–water partition coefficient (Wildman–Crippen LogP) is 0.998. The van der Waals surface area contributed by atoms with Crippen molar-refractivity contribution in [1.29, 1.82) is 0 Å². The van der Waals surface area contributed by atoms with Gasteiger partial charge in [0.2, 0.25) is 94.3 Å². The van der Waals surface area contributed by atoms with E-state index < -0.39 is 197 Å². The van der Waals surface area contributed by atoms with Crippen LogP contribution in [0, 0.1) is 17.8 Å². The number of rotatable bonds is 30. The number of carbonyl (C=O) groups is 16. The van der Waals surface area contributed by atoms with Crippen molar-refractivity contribution in [1.82, 2.24) is 74.1 Å². The van der Waals surface area contributed by atoms with Crippen molar-refractivity contribution in [2.75, 3.05) is 13.2 Å². The number of phenols is 1. The molecule has 21 N–H and O–H groups in total. The van der Waals surface area contributed by atoms with E-state index in [0.717, 1.165) is 0 Å². The molecule has 0 aliphatic carbocycles. The van der Waals surface area contributed by atoms with Gasteiger partial charge in [0.15, 0.2) is 0 Å². The number of hydrogen-bond donors (Lipinski definition) is 19. The second-order valence-corrected chi connectivity index (χ2v) is 32.7. The van der Waals surface area contributed by atoms with Crippen LogP contribution >= 0.6 is 0 Å². The monoisotopic (exact) mass is 1690 g/mol. The molecule has 0 saturated heterocycles. The van der Waals surface area contributed by atoms with Crippen molar-refractivity contribution >= 4 is 105 Å². The number of phenolic OH excluding ortho intramolecular Hbond substituents is 1. The minimum absolute atomic E-state index is 0.00251. The van der Waals surface area contributed by atoms with Gasteiger partial charge in [0, 0.05) is 56.3 Å². The lowest BCUT2D eigenvalue weighted by atomic mass is 9.90. The van der Waals surface area contributed by atoms with Gasteiger partial charge >= 0.3 is 0 Å². The minimum Gasteiger partial charge on any atom is -0.508 e. The van der Waals surface area contributed by atoms with Gasteiger partial charge in [-0.3, -0.25) is 76.7 Å². The first-order valence-corrected chi connectivity index (χ1v) is 41.4. The summed E-state index contributed by atoms with van der Waals surface area (Å²) in [6, 6.07) is 4.98. The number of primary amides is 2. The lowest BCUT2D eigenvalue weighted by Crippen LogP contribution is -2.64. The Morgan fingerprint density at radius 1 is 0.562 bits per heavy atom. The number of nitrogens with two attached hydrogens (primary N) is 2. The number of fused-ring (bicyclic) bond motifs is 1. The summed E-state index contributed by atoms with van der Waals surface area (Å²) in [6.07, 6.45) is 5.86. The van der Waals surface area contributed by atoms with Gasteiger partial charge in [0.05, 0.1) is 30.7 Å². The molecule has 35 heteroatoms. The van der Waals surface area contributed by atoms with E-state index in [4.69, 9.17) is 11.5 Å². The van der Waals surface area contributed by atoms with Crippen LogP contribution in [0.4, 0.5) is 0 Å². The minimum atomic E-state index is -1.91. The highest BCUT2D eigenvalue weighted by molar-refractivity contribution is 6.41. The van der Waals surface area contributed by atoms with Crippen LogP contribution in [-0.2, 0) is 96.0 Å². The molecule has 0 spiro atoms. The number of para-hydroxylation sites is 1. The van der Waals surface area contributed by atoms with Crippen molar-refractivity contribution in [3.63, 3.8) is 0 Å². The molecule has 0 radical (unpaired) electrons. The normalized spacial score (nSPS) is 22.8. The largest absolute Gasteiger partial charge is 0.508 e. The molecular weight excluding hydrogens is 1560 g/mol. The molecule has 15 atom stereocenters. The van der Waals surface area contributed by atoms with Crippen molar-refractivity contribution in [3.8, 4) is 5.75 Å². The van der Waals surface area contributed by atoms with E-state index in [0.29, 0.717) is 66.1 Å². The maximum Gasteiger partial charge on any atom is 0.246 e. The van der Waals surface area contributed by atoms with Crippen molar-refractivity contribution < 1.29 is 92.0 Å². The number of amides is 14. The first-order valence-electron chi connectivity index (χ1n) is 41.4. The Balaban J connectivity index is 1.61. The van der Waals surface area contributed by atoms with Gasteiger partial charge in [-0.1, -0.05) is 126 Å². The van der Waals surface area contributed by atoms with Crippen LogP contribution in [0.3, 0.4) is 0 Å². The number of nitrogens with one attached hydrogen (secondary N) is 14. The number of ketones is 2. The third kappa shape index (κ3) is 32.9. The fraction of sp³-hybridized carbons (Fsp3) is 0.558. The molecular formula is C86H126N16O19. The van der Waals surface area contributed by atoms with Gasteiger partial charge in [-0.2, -0.15) is 0 Å². The maximum atomic E-state index is 15.2. The number of benzene rings is 3. The third-order valence-electron chi connectivity index (χ3n) is 21.1. The van der Waals surface area contributed by atoms with Crippen LogP contribution in [-0.4, -0.2) is 211 Å². The number of allylic oxidation sites excluding steroid dienone is 2. The summed E-state index contributed by atoms with van der Waals surface area (Å²) in [5.41, 5.74) is 9.25. The Bertz CT molecular complexity index is 4270. The summed E-state index contributed by atoms with van der Waals surface area (Å²) in [4.78, 5) is 229. The van der Waals surface area contributed by atoms with Crippen LogP contribution in [0.1, 0.15) is 190 Å². The van der Waals surface area contributed by atoms with E-state index in [1.165, 1.54) is 79.7 Å². The summed E-state index contributed by atoms with van der Waals surface area (Å²) in [6.45, 7) is 16.6. The average Bonchev–Trinajstić information content (AvgIpc) is 1.69. The molecule has 1 aliphatic heterocycles. The lowest BCUT2D eigenvalue weighted by molar-refractivity contribution is -0.140. The molecule has 0 fully saturated rings. The molecule has 2 heterocycles. The van der Waals surface area contributed by atoms with Gasteiger partial charge in [0.25, 0.3) is 0 Å². The van der Waals surface area contributed by atoms with E-state index in [-0.39, 0.29) is 88.3 Å². The summed E-state index contributed by atoms with van der Waals surface area (Å²) in [5, 5.41) is 67.0. The first-order chi connectivity index (χ1) is 57.0. The Morgan fingerprint density at radius 2 is 1.17 bits per heavy atom. The Kier molecular flexibility index (Phi) is 40.3. The number of aromatic hydroxyl groups is 1. The number of Topliss-reactive ketones (excluding diaryl/α,β-unsaturated/α-hetero) is 2. The standard InChI is InChI=1S/C86H126N16O19/c1-48(2)31-34-58-45-90-63(37-38-69(87)107)72(109)71(108)50(5)91-77(114)67(44-59-46-89-62-30-24-23-29-61(59)62)97-78(115)65(43-57-32-35-60(106)36-33-57)96-75(112)53(8)94-83(120)85(11,102-81(118)66(42-56-27-21-20-22-28-56)98-82(119)70(54(9)104)100-79(116)64(41-49(3)4)95-55(10)105)39-25-18-16-14-13-15-17-19-26-40-86(12,101-76(58)113)84(121)99-68(47-103)80(117)93-52(7)74(111)92-51(6)73(88)110/h15,17,20-24,27-30,32-33,35-36,46,48-54,58,63-68,70,89-90,103-104,106H,13-14,16,18-19,25-26,31,34,37-45,47H2,1-12H3,(H2,87,107)(H2,88,110)(H,91,114)(H,92,111)(H,93,117)(H,94,120)(H,95,105)(H,96,112)(H,97,115)(H,98,119)(H,99,121)(H,100,116)(H,101,113)(H,102,118)/b17-15+/t50-,51?,52-,53?,54+,58+,63-,64-,65-,66-,67-,68?,70-,85+,86-/m0/s1. The van der Waals surface area contributed by atoms with Gasteiger partial charge in [-0.15, -0.1) is 0 Å². The first kappa shape index (κ1) is 100. The van der Waals surface area contributed by atoms with Gasteiger partial charge in [-0.05, 0) is 153 Å². The Labute approximate surface area is 706 Å². The SMILES string of the molecule is CC(=O)N[C@@H](CC(C)C)C(=O)N[C@H](C(=O)N[C@@H](Cc1ccccc1)C(=O)N[C@]1(C)CCCCCC/C=C/CCC[C@@](C)(C(=O)NC(CO)C(=O)N[C@@H](C)C(=O)NC(C)C(N)=O)NC(=O)[C@H](CCC(C)C)CN[C@@H](CCC(N)=O)C(=O)C(=O)[C@H](C)NC(=O)[C@H](Cc2c[nH]c3ccccc23)NC(=O)[C@H](Cc2ccc(O)cc2)NC(=O)C(C)NC1=O)[C@@H](C)O. The summed E-state index contributed by atoms with van der Waals surface area (Å²) in [7, 11) is 0. The molecule has 3 aromatic carbocycles. The van der Waals surface area contributed by atoms with Crippen LogP contribution < -0.4 is 80.6 Å². The highest BCUT2D eigenvalue weighted by Gasteiger charge is 2.43. The molecule has 0 bridgehead atoms. The zero-order valence-corrected chi connectivity index (χ0v) is 71.4. The number of aromatic nitrogens is 1. The number of aliphatic hydroxyl groups is 2. The van der Waals surface area contributed by atoms with Crippen molar-refractivity contribution in [2.24, 2.45) is 29.2 Å². The van der Waals surface area contributed by atoms with E-state index in [1.54, 1.807) is 60.8 Å². The molecule has 1 aliphatic rings. The van der Waals surface area contributed by atoms with Crippen LogP contribution in [0.15, 0.2) is 97.2 Å². The molecule has 5 rings (SSSR count). The summed E-state index contributed by atoms with van der Waals surface area (Å²) < 4.78 is 0. The highest BCUT2D eigenvalue weighted by atomic mass is 16.3. The average molecular weight is 1690 g/mol. The highest BCUT2D eigenvalue weighted by Crippen LogP contribution is 2.25. The molecule has 35 nitrogen and oxygen atoms in total. The Morgan fingerprint density at radius 3 is 1.80 bits per heavy atom. The van der Waals surface area contributed by atoms with Crippen molar-refractivity contribution in [2.45, 2.75) is 276 Å². The maximum absolute atomic E-state index is 15.2. The van der Waals surface area contributed by atoms with Crippen LogP contribution in [0.2, 0.25) is 0 Å². The van der Waals surface area contributed by atoms with Crippen LogP contribution in [0.25, 0.3) is 10.9 Å². The smallest absolute Gasteiger partial charge is 0.246 e. The fourth-order valence-corrected chi connectivity index (χ4v) is 13.6. The number of H-pyrrole nitrogens is 1. The zero-order valence-electron chi connectivity index (χ0n) is 71.4. The van der Waals surface area contributed by atoms with Gasteiger partial charge in [-0.25, -0.2) is 0 Å². The molecule has 0 saturated carbocycles. The third-order valence-corrected chi connectivity index (χ3v) is 21.1. The lowest BCUT2D eigenvalue weighted by Gasteiger charge is -2.33. The number of carbonyl (C=O) groups excluding carboxylic acids is 16. The second-order valence-electron chi connectivity index (χ2n) is 32.7. The summed E-state index contributed by atoms with van der Waals surface area (Å²) >= 11 is 0. The van der Waals surface area contributed by atoms with E-state index in [9.17, 15) is 72.9 Å². The van der Waals surface area contributed by atoms with Gasteiger partial charge < -0.3 is 101 Å². The van der Waals surface area contributed by atoms with E-state index in [2.05, 4.69) is 74.1 Å². The topological polar surface area (TPSA) is 558 Å². The molecule has 14 amide bonds. The molecule has 1 aromatic heterocycles. The molecule has 664 valence electrons. The van der Waals surface area contributed by atoms with Crippen LogP contribution in [0.5, 0.6) is 5.75 Å². The van der Waals surface area contributed by atoms with E-state index in [1.807, 2.05) is 39.8 Å². The quantitative estimate of drug-likeness (QED) is 0.0256. The van der Waals surface area contributed by atoms with Gasteiger partial charge in [0.1, 0.15) is 71.2 Å². The predicted molar refractivity (Wildman–Crippen MR) is 451 cm³/mol. The molecule has 3 unspecified atom stereocenters. The number of hydrogen-bond acceptors (Lipinski definition) is 20. The van der Waals surface area contributed by atoms with E-state index >= 15 is 19.2 Å². The number of aromatic amines is 1. The molecule has 121 heavy (non-hydrogen) atoms.